The van der Waals surface area contributed by atoms with Gasteiger partial charge in [0.05, 0.1) is 0 Å². The second-order valence-corrected chi connectivity index (χ2v) is 4.71. The van der Waals surface area contributed by atoms with Crippen molar-refractivity contribution in [3.63, 3.8) is 0 Å². The van der Waals surface area contributed by atoms with Crippen LogP contribution in [0.2, 0.25) is 0 Å². The quantitative estimate of drug-likeness (QED) is 0.362. The molecule has 0 saturated carbocycles. The normalized spacial score (nSPS) is 10.2. The molecule has 0 amide bonds. The lowest BCUT2D eigenvalue weighted by Gasteiger charge is -2.00. The molecular formula is C12H29O4P. The van der Waals surface area contributed by atoms with Crippen molar-refractivity contribution in [1.29, 1.82) is 0 Å². The smallest absolute Gasteiger partial charge is 0.324 e. The molecule has 0 fully saturated rings. The Morgan fingerprint density at radius 1 is 0.647 bits per heavy atom. The first-order chi connectivity index (χ1) is 8.15. The minimum Gasteiger partial charge on any atom is -0.396 e. The maximum atomic E-state index is 8.57. The summed E-state index contributed by atoms with van der Waals surface area (Å²) in [7, 11) is -2.62. The summed E-state index contributed by atoms with van der Waals surface area (Å²) in [5.41, 5.74) is 0. The van der Waals surface area contributed by atoms with Crippen molar-refractivity contribution in [2.45, 2.75) is 71.1 Å². The Labute approximate surface area is 107 Å². The molecular weight excluding hydrogens is 239 g/mol. The van der Waals surface area contributed by atoms with Crippen LogP contribution in [0.5, 0.6) is 0 Å². The van der Waals surface area contributed by atoms with Crippen LogP contribution in [0.4, 0.5) is 0 Å². The highest BCUT2D eigenvalue weighted by Gasteiger charge is 1.91. The Hall–Kier alpha value is 0.270. The van der Waals surface area contributed by atoms with E-state index >= 15 is 0 Å². The van der Waals surface area contributed by atoms with Crippen molar-refractivity contribution in [2.75, 3.05) is 6.61 Å². The summed E-state index contributed by atoms with van der Waals surface area (Å²) in [5.74, 6) is 0. The molecule has 0 aromatic heterocycles. The maximum absolute atomic E-state index is 8.57. The SMILES string of the molecule is CCCCCCCCCCCCO.OP(O)O. The average molecular weight is 268 g/mol. The molecule has 0 atom stereocenters. The van der Waals surface area contributed by atoms with Gasteiger partial charge in [-0.1, -0.05) is 64.7 Å². The van der Waals surface area contributed by atoms with Gasteiger partial charge in [0.1, 0.15) is 0 Å². The number of rotatable bonds is 10. The van der Waals surface area contributed by atoms with Crippen LogP contribution in [-0.4, -0.2) is 26.4 Å². The van der Waals surface area contributed by atoms with E-state index in [1.54, 1.807) is 0 Å². The summed E-state index contributed by atoms with van der Waals surface area (Å²) in [5, 5.41) is 8.57. The zero-order valence-corrected chi connectivity index (χ0v) is 11.9. The number of aliphatic hydroxyl groups excluding tert-OH is 1. The van der Waals surface area contributed by atoms with E-state index in [1.165, 1.54) is 57.8 Å². The van der Waals surface area contributed by atoms with Crippen molar-refractivity contribution in [2.24, 2.45) is 0 Å². The van der Waals surface area contributed by atoms with E-state index < -0.39 is 8.60 Å². The van der Waals surface area contributed by atoms with Crippen molar-refractivity contribution in [1.82, 2.24) is 0 Å². The molecule has 0 aliphatic rings. The van der Waals surface area contributed by atoms with Crippen LogP contribution < -0.4 is 0 Å². The Morgan fingerprint density at radius 3 is 1.24 bits per heavy atom. The predicted octanol–water partition coefficient (Wildman–Crippen LogP) is 3.09. The van der Waals surface area contributed by atoms with Crippen LogP contribution in [0.3, 0.4) is 0 Å². The zero-order chi connectivity index (χ0) is 13.4. The van der Waals surface area contributed by atoms with Crippen molar-refractivity contribution >= 4 is 8.60 Å². The van der Waals surface area contributed by atoms with Crippen molar-refractivity contribution in [3.05, 3.63) is 0 Å². The molecule has 17 heavy (non-hydrogen) atoms. The van der Waals surface area contributed by atoms with Gasteiger partial charge in [-0.2, -0.15) is 0 Å². The lowest BCUT2D eigenvalue weighted by atomic mass is 10.1. The third-order valence-corrected chi connectivity index (χ3v) is 2.51. The highest BCUT2D eigenvalue weighted by molar-refractivity contribution is 7.38. The third-order valence-electron chi connectivity index (χ3n) is 2.51. The molecule has 0 spiro atoms. The van der Waals surface area contributed by atoms with E-state index in [0.29, 0.717) is 6.61 Å². The van der Waals surface area contributed by atoms with E-state index in [2.05, 4.69) is 6.92 Å². The summed E-state index contributed by atoms with van der Waals surface area (Å²) in [4.78, 5) is 21.7. The summed E-state index contributed by atoms with van der Waals surface area (Å²) < 4.78 is 0. The van der Waals surface area contributed by atoms with Crippen LogP contribution in [0.25, 0.3) is 0 Å². The molecule has 4 nitrogen and oxygen atoms in total. The number of hydrogen-bond acceptors (Lipinski definition) is 4. The predicted molar refractivity (Wildman–Crippen MR) is 72.5 cm³/mol. The third kappa shape index (κ3) is 31.4. The van der Waals surface area contributed by atoms with E-state index in [0.717, 1.165) is 6.42 Å². The number of hydrogen-bond donors (Lipinski definition) is 4. The van der Waals surface area contributed by atoms with Crippen molar-refractivity contribution in [3.8, 4) is 0 Å². The van der Waals surface area contributed by atoms with Gasteiger partial charge >= 0.3 is 8.60 Å². The number of aliphatic hydroxyl groups is 1. The van der Waals surface area contributed by atoms with Crippen LogP contribution in [-0.2, 0) is 0 Å². The summed E-state index contributed by atoms with van der Waals surface area (Å²) >= 11 is 0. The van der Waals surface area contributed by atoms with E-state index in [4.69, 9.17) is 19.8 Å². The molecule has 5 heteroatoms. The fourth-order valence-corrected chi connectivity index (χ4v) is 1.60. The first-order valence-corrected chi connectivity index (χ1v) is 7.82. The highest BCUT2D eigenvalue weighted by Crippen LogP contribution is 2.11. The second-order valence-electron chi connectivity index (χ2n) is 4.17. The first-order valence-electron chi connectivity index (χ1n) is 6.62. The highest BCUT2D eigenvalue weighted by atomic mass is 31.2. The van der Waals surface area contributed by atoms with Gasteiger partial charge in [0.2, 0.25) is 0 Å². The Kier molecular flexibility index (Phi) is 21.5. The zero-order valence-electron chi connectivity index (χ0n) is 11.0. The average Bonchev–Trinajstić information content (AvgIpc) is 2.26. The Bertz CT molecular complexity index is 110. The molecule has 0 aliphatic carbocycles. The molecule has 0 saturated heterocycles. The molecule has 0 aliphatic heterocycles. The van der Waals surface area contributed by atoms with Gasteiger partial charge in [0.25, 0.3) is 0 Å². The standard InChI is InChI=1S/C12H26O.H3O3P/c1-2-3-4-5-6-7-8-9-10-11-12-13;1-4(2)3/h13H,2-12H2,1H3;1-3H. The van der Waals surface area contributed by atoms with E-state index in [9.17, 15) is 0 Å². The van der Waals surface area contributed by atoms with Gasteiger partial charge in [-0.3, -0.25) is 0 Å². The monoisotopic (exact) mass is 268 g/mol. The van der Waals surface area contributed by atoms with Gasteiger partial charge < -0.3 is 19.8 Å². The second kappa shape index (κ2) is 18.6. The molecule has 0 rings (SSSR count). The number of unbranched alkanes of at least 4 members (excludes halogenated alkanes) is 9. The van der Waals surface area contributed by atoms with Crippen LogP contribution >= 0.6 is 8.60 Å². The van der Waals surface area contributed by atoms with E-state index in [1.807, 2.05) is 0 Å². The first kappa shape index (κ1) is 19.6. The summed E-state index contributed by atoms with van der Waals surface area (Å²) in [6.07, 6.45) is 13.3. The Morgan fingerprint density at radius 2 is 0.941 bits per heavy atom. The van der Waals surface area contributed by atoms with Gasteiger partial charge in [0.15, 0.2) is 0 Å². The lowest BCUT2D eigenvalue weighted by Crippen LogP contribution is -1.84. The van der Waals surface area contributed by atoms with Crippen LogP contribution in [0.1, 0.15) is 71.1 Å². The van der Waals surface area contributed by atoms with E-state index in [-0.39, 0.29) is 0 Å². The minimum absolute atomic E-state index is 0.372. The van der Waals surface area contributed by atoms with Gasteiger partial charge in [-0.05, 0) is 6.42 Å². The van der Waals surface area contributed by atoms with Gasteiger partial charge in [-0.25, -0.2) is 0 Å². The summed E-state index contributed by atoms with van der Waals surface area (Å²) in [6, 6.07) is 0. The molecule has 0 aromatic rings. The topological polar surface area (TPSA) is 80.9 Å². The minimum atomic E-state index is -2.62. The van der Waals surface area contributed by atoms with Crippen LogP contribution in [0.15, 0.2) is 0 Å². The molecule has 0 aromatic carbocycles. The molecule has 0 heterocycles. The summed E-state index contributed by atoms with van der Waals surface area (Å²) in [6.45, 7) is 2.63. The van der Waals surface area contributed by atoms with Crippen molar-refractivity contribution < 1.29 is 19.8 Å². The largest absolute Gasteiger partial charge is 0.396 e. The molecule has 0 bridgehead atoms. The molecule has 4 N–H and O–H groups in total. The molecule has 106 valence electrons. The van der Waals surface area contributed by atoms with Crippen LogP contribution in [0, 0.1) is 0 Å². The fourth-order valence-electron chi connectivity index (χ4n) is 1.60. The Balaban J connectivity index is 0. The van der Waals surface area contributed by atoms with Gasteiger partial charge in [0, 0.05) is 6.61 Å². The van der Waals surface area contributed by atoms with Gasteiger partial charge in [-0.15, -0.1) is 0 Å². The maximum Gasteiger partial charge on any atom is 0.324 e. The molecule has 0 radical (unpaired) electrons. The lowest BCUT2D eigenvalue weighted by molar-refractivity contribution is 0.282. The molecule has 0 unspecified atom stereocenters. The fraction of sp³-hybridized carbons (Fsp3) is 1.00.